The molecule has 1 aliphatic heterocycles. The third-order valence-corrected chi connectivity index (χ3v) is 14.3. The Hall–Kier alpha value is -2.90. The second-order valence-corrected chi connectivity index (χ2v) is 21.4. The van der Waals surface area contributed by atoms with Gasteiger partial charge in [-0.2, -0.15) is 0 Å². The highest BCUT2D eigenvalue weighted by Crippen LogP contribution is 2.26. The molecule has 1 saturated heterocycles. The lowest BCUT2D eigenvalue weighted by Crippen LogP contribution is -2.61. The summed E-state index contributed by atoms with van der Waals surface area (Å²) in [6.45, 7) is 5.72. The van der Waals surface area contributed by atoms with Crippen LogP contribution in [0.3, 0.4) is 0 Å². The van der Waals surface area contributed by atoms with Gasteiger partial charge in [0.05, 0.1) is 25.4 Å². The minimum Gasteiger partial charge on any atom is -0.454 e. The fraction of sp³-hybridized carbons (Fsp3) is 0.785. The van der Waals surface area contributed by atoms with Crippen molar-refractivity contribution in [3.63, 3.8) is 0 Å². The zero-order valence-electron chi connectivity index (χ0n) is 48.6. The third kappa shape index (κ3) is 40.3. The van der Waals surface area contributed by atoms with Gasteiger partial charge in [0.25, 0.3) is 0 Å². The van der Waals surface area contributed by atoms with Gasteiger partial charge >= 0.3 is 5.97 Å². The molecular weight excluding hydrogens is 955 g/mol. The SMILES string of the molecule is CCCCC/C=C\C/C=C\C/C=C\CCCCCC(O)C(=O)NC(COC1OC(CO)C(O)C(O)C1OC(=O)CCCCCCCCCCC/C=C\C/C=C\CCCCC)C(O)/C=C/CCCCCCCCCCCC. The monoisotopic (exact) mass is 1070 g/mol. The maximum absolute atomic E-state index is 13.4. The Morgan fingerprint density at radius 3 is 1.38 bits per heavy atom. The van der Waals surface area contributed by atoms with Gasteiger partial charge in [0.1, 0.15) is 24.4 Å². The largest absolute Gasteiger partial charge is 0.454 e. The standard InChI is InChI=1S/C65H115NO10/c1-4-7-10-13-16-19-22-25-27-29-30-31-33-35-38-41-44-47-50-53-60(70)76-63-62(72)61(71)59(54-67)75-65(63)74-55-56(57(68)51-48-45-42-39-36-24-21-18-15-12-9-6-3)66-64(73)58(69)52-49-46-43-40-37-34-32-28-26-23-20-17-14-11-8-5-2/h16-17,19-20,25-28,34,37,48,51,56-59,61-63,65,67-69,71-72H,4-15,18,21-24,29-33,35-36,38-47,49-50,52-55H2,1-3H3,(H,66,73)/b19-16-,20-17-,27-25-,28-26-,37-34-,51-48+. The number of ether oxygens (including phenoxy) is 3. The normalized spacial score (nSPS) is 19.6. The highest BCUT2D eigenvalue weighted by Gasteiger charge is 2.47. The van der Waals surface area contributed by atoms with E-state index >= 15 is 0 Å². The van der Waals surface area contributed by atoms with Gasteiger partial charge < -0.3 is 45.1 Å². The average molecular weight is 1070 g/mol. The van der Waals surface area contributed by atoms with Crippen LogP contribution in [0.25, 0.3) is 0 Å². The Morgan fingerprint density at radius 2 is 0.908 bits per heavy atom. The van der Waals surface area contributed by atoms with Gasteiger partial charge in [-0.05, 0) is 96.3 Å². The number of hydrogen-bond acceptors (Lipinski definition) is 10. The molecule has 1 aliphatic rings. The van der Waals surface area contributed by atoms with Crippen LogP contribution >= 0.6 is 0 Å². The predicted molar refractivity (Wildman–Crippen MR) is 315 cm³/mol. The molecule has 0 aromatic carbocycles. The molecule has 11 heteroatoms. The van der Waals surface area contributed by atoms with Crippen LogP contribution in [0.1, 0.15) is 265 Å². The topological polar surface area (TPSA) is 175 Å². The molecule has 0 aliphatic carbocycles. The first kappa shape index (κ1) is 71.1. The van der Waals surface area contributed by atoms with E-state index in [0.29, 0.717) is 12.8 Å². The molecule has 0 spiro atoms. The number of allylic oxidation sites excluding steroid dienone is 11. The molecule has 8 unspecified atom stereocenters. The van der Waals surface area contributed by atoms with E-state index in [0.717, 1.165) is 96.3 Å². The van der Waals surface area contributed by atoms with E-state index in [1.807, 2.05) is 6.08 Å². The number of aliphatic hydroxyl groups excluding tert-OH is 5. The third-order valence-electron chi connectivity index (χ3n) is 14.3. The lowest BCUT2D eigenvalue weighted by molar-refractivity contribution is -0.305. The number of rotatable bonds is 52. The van der Waals surface area contributed by atoms with Gasteiger partial charge in [-0.15, -0.1) is 0 Å². The quantitative estimate of drug-likeness (QED) is 0.0195. The number of esters is 1. The second kappa shape index (κ2) is 52.8. The van der Waals surface area contributed by atoms with Crippen molar-refractivity contribution >= 4 is 11.9 Å². The van der Waals surface area contributed by atoms with Crippen molar-refractivity contribution in [1.29, 1.82) is 0 Å². The van der Waals surface area contributed by atoms with Crippen molar-refractivity contribution in [2.75, 3.05) is 13.2 Å². The Morgan fingerprint density at radius 1 is 0.513 bits per heavy atom. The van der Waals surface area contributed by atoms with E-state index in [9.17, 15) is 35.1 Å². The fourth-order valence-electron chi connectivity index (χ4n) is 9.33. The maximum Gasteiger partial charge on any atom is 0.306 e. The minimum atomic E-state index is -1.62. The Balaban J connectivity index is 2.70. The summed E-state index contributed by atoms with van der Waals surface area (Å²) in [6.07, 6.45) is 56.4. The summed E-state index contributed by atoms with van der Waals surface area (Å²) >= 11 is 0. The van der Waals surface area contributed by atoms with E-state index in [2.05, 4.69) is 86.8 Å². The van der Waals surface area contributed by atoms with Crippen LogP contribution in [0.5, 0.6) is 0 Å². The average Bonchev–Trinajstić information content (AvgIpc) is 3.42. The Labute approximate surface area is 464 Å². The summed E-state index contributed by atoms with van der Waals surface area (Å²) in [7, 11) is 0. The van der Waals surface area contributed by atoms with Gasteiger partial charge in [-0.1, -0.05) is 235 Å². The van der Waals surface area contributed by atoms with Crippen molar-refractivity contribution < 1.29 is 49.3 Å². The first-order valence-electron chi connectivity index (χ1n) is 31.2. The molecule has 6 N–H and O–H groups in total. The van der Waals surface area contributed by atoms with Crippen molar-refractivity contribution in [1.82, 2.24) is 5.32 Å². The number of aliphatic hydroxyl groups is 5. The summed E-state index contributed by atoms with van der Waals surface area (Å²) in [4.78, 5) is 26.5. The van der Waals surface area contributed by atoms with Crippen LogP contribution in [0.15, 0.2) is 72.9 Å². The molecule has 1 fully saturated rings. The number of carbonyl (C=O) groups excluding carboxylic acids is 2. The molecule has 76 heavy (non-hydrogen) atoms. The number of carbonyl (C=O) groups is 2. The van der Waals surface area contributed by atoms with Gasteiger partial charge in [-0.25, -0.2) is 0 Å². The second-order valence-electron chi connectivity index (χ2n) is 21.4. The summed E-state index contributed by atoms with van der Waals surface area (Å²) in [5, 5.41) is 56.9. The van der Waals surface area contributed by atoms with E-state index in [4.69, 9.17) is 14.2 Å². The lowest BCUT2D eigenvalue weighted by Gasteiger charge is -2.41. The summed E-state index contributed by atoms with van der Waals surface area (Å²) in [5.74, 6) is -1.22. The highest BCUT2D eigenvalue weighted by atomic mass is 16.7. The number of unbranched alkanes of at least 4 members (excludes halogenated alkanes) is 28. The predicted octanol–water partition coefficient (Wildman–Crippen LogP) is 14.8. The van der Waals surface area contributed by atoms with Crippen molar-refractivity contribution in [2.45, 2.75) is 314 Å². The smallest absolute Gasteiger partial charge is 0.306 e. The summed E-state index contributed by atoms with van der Waals surface area (Å²) < 4.78 is 17.6. The molecule has 0 aromatic heterocycles. The van der Waals surface area contributed by atoms with Crippen molar-refractivity contribution in [3.8, 4) is 0 Å². The first-order valence-corrected chi connectivity index (χ1v) is 31.2. The van der Waals surface area contributed by atoms with Crippen LogP contribution in [0.2, 0.25) is 0 Å². The Bertz CT molecular complexity index is 1510. The fourth-order valence-corrected chi connectivity index (χ4v) is 9.33. The first-order chi connectivity index (χ1) is 37.2. The van der Waals surface area contributed by atoms with Gasteiger partial charge in [-0.3, -0.25) is 9.59 Å². The van der Waals surface area contributed by atoms with E-state index in [1.54, 1.807) is 6.08 Å². The summed E-state index contributed by atoms with van der Waals surface area (Å²) in [6, 6.07) is -1.04. The molecule has 1 heterocycles. The molecule has 1 amide bonds. The van der Waals surface area contributed by atoms with Crippen LogP contribution < -0.4 is 5.32 Å². The molecule has 0 bridgehead atoms. The van der Waals surface area contributed by atoms with Gasteiger partial charge in [0.2, 0.25) is 5.91 Å². The van der Waals surface area contributed by atoms with Crippen LogP contribution in [-0.2, 0) is 23.8 Å². The van der Waals surface area contributed by atoms with E-state index < -0.39 is 67.4 Å². The number of hydrogen-bond donors (Lipinski definition) is 6. The van der Waals surface area contributed by atoms with Crippen LogP contribution in [-0.4, -0.2) is 99.6 Å². The van der Waals surface area contributed by atoms with E-state index in [1.165, 1.54) is 122 Å². The van der Waals surface area contributed by atoms with Gasteiger partial charge in [0, 0.05) is 6.42 Å². The lowest BCUT2D eigenvalue weighted by atomic mass is 9.99. The van der Waals surface area contributed by atoms with E-state index in [-0.39, 0.29) is 19.4 Å². The molecule has 0 saturated carbocycles. The maximum atomic E-state index is 13.4. The summed E-state index contributed by atoms with van der Waals surface area (Å²) in [5.41, 5.74) is 0. The van der Waals surface area contributed by atoms with Gasteiger partial charge in [0.15, 0.2) is 12.4 Å². The molecule has 0 aromatic rings. The Kier molecular flexibility index (Phi) is 49.4. The molecular formula is C65H115NO10. The van der Waals surface area contributed by atoms with Crippen LogP contribution in [0, 0.1) is 0 Å². The number of nitrogens with one attached hydrogen (secondary N) is 1. The molecule has 11 nitrogen and oxygen atoms in total. The zero-order chi connectivity index (χ0) is 55.4. The highest BCUT2D eigenvalue weighted by molar-refractivity contribution is 5.80. The molecule has 8 atom stereocenters. The van der Waals surface area contributed by atoms with Crippen LogP contribution in [0.4, 0.5) is 0 Å². The number of amides is 1. The molecule has 440 valence electrons. The zero-order valence-corrected chi connectivity index (χ0v) is 48.6. The molecule has 1 rings (SSSR count). The van der Waals surface area contributed by atoms with Crippen molar-refractivity contribution in [2.24, 2.45) is 0 Å². The van der Waals surface area contributed by atoms with Crippen molar-refractivity contribution in [3.05, 3.63) is 72.9 Å². The molecule has 0 radical (unpaired) electrons. The minimum absolute atomic E-state index is 0.114.